The number of nitrogens with zero attached hydrogens (tertiary/aromatic N) is 1. The number of anilines is 1. The van der Waals surface area contributed by atoms with E-state index < -0.39 is 11.9 Å². The molecule has 1 N–H and O–H groups in total. The Bertz CT molecular complexity index is 1020. The Balaban J connectivity index is 1.80. The van der Waals surface area contributed by atoms with E-state index in [9.17, 15) is 9.59 Å². The Morgan fingerprint density at radius 3 is 2.62 bits per heavy atom. The summed E-state index contributed by atoms with van der Waals surface area (Å²) in [7, 11) is 1.29. The second kappa shape index (κ2) is 7.68. The van der Waals surface area contributed by atoms with Crippen molar-refractivity contribution in [3.8, 4) is 11.8 Å². The Hall–Kier alpha value is -3.37. The van der Waals surface area contributed by atoms with Gasteiger partial charge in [0, 0.05) is 0 Å². The van der Waals surface area contributed by atoms with E-state index in [-0.39, 0.29) is 17.9 Å². The molecule has 0 aliphatic rings. The fourth-order valence-corrected chi connectivity index (χ4v) is 3.16. The Morgan fingerprint density at radius 2 is 1.92 bits per heavy atom. The molecule has 0 saturated carbocycles. The molecule has 3 aromatic rings. The van der Waals surface area contributed by atoms with Gasteiger partial charge in [0.2, 0.25) is 0 Å². The molecule has 26 heavy (non-hydrogen) atoms. The normalized spacial score (nSPS) is 10.2. The van der Waals surface area contributed by atoms with Crippen LogP contribution in [0.4, 0.5) is 5.00 Å². The van der Waals surface area contributed by atoms with Crippen LogP contribution in [0.3, 0.4) is 0 Å². The summed E-state index contributed by atoms with van der Waals surface area (Å²) < 4.78 is 10.4. The second-order valence-corrected chi connectivity index (χ2v) is 6.22. The van der Waals surface area contributed by atoms with Crippen molar-refractivity contribution in [1.82, 2.24) is 0 Å². The Labute approximate surface area is 153 Å². The molecule has 1 aromatic heterocycles. The van der Waals surface area contributed by atoms with Crippen LogP contribution in [-0.4, -0.2) is 25.6 Å². The maximum Gasteiger partial charge on any atom is 0.341 e. The molecule has 130 valence electrons. The summed E-state index contributed by atoms with van der Waals surface area (Å²) in [4.78, 5) is 24.1. The standard InChI is InChI=1S/C19H14N2O4S/c1-24-19(23)15-8-12-4-2-3-5-13(12)9-16(15)25-11-17(22)21-18-14(10-20)6-7-26-18/h2-9H,11H2,1H3,(H,21,22). The van der Waals surface area contributed by atoms with Crippen molar-refractivity contribution in [2.24, 2.45) is 0 Å². The lowest BCUT2D eigenvalue weighted by molar-refractivity contribution is -0.118. The molecule has 2 aromatic carbocycles. The van der Waals surface area contributed by atoms with Crippen molar-refractivity contribution in [2.75, 3.05) is 19.0 Å². The number of fused-ring (bicyclic) bond motifs is 1. The van der Waals surface area contributed by atoms with Crippen molar-refractivity contribution in [3.63, 3.8) is 0 Å². The minimum atomic E-state index is -0.545. The third kappa shape index (κ3) is 3.66. The predicted octanol–water partition coefficient (Wildman–Crippen LogP) is 3.58. The van der Waals surface area contributed by atoms with Crippen LogP contribution in [0.5, 0.6) is 5.75 Å². The number of amides is 1. The van der Waals surface area contributed by atoms with E-state index in [1.807, 2.05) is 30.3 Å². The zero-order valence-electron chi connectivity index (χ0n) is 13.8. The molecule has 0 radical (unpaired) electrons. The number of nitriles is 1. The summed E-state index contributed by atoms with van der Waals surface area (Å²) in [6.45, 7) is -0.300. The summed E-state index contributed by atoms with van der Waals surface area (Å²) >= 11 is 1.25. The lowest BCUT2D eigenvalue weighted by Gasteiger charge is -2.12. The molecule has 0 fully saturated rings. The zero-order valence-corrected chi connectivity index (χ0v) is 14.6. The van der Waals surface area contributed by atoms with E-state index >= 15 is 0 Å². The van der Waals surface area contributed by atoms with Gasteiger partial charge in [-0.3, -0.25) is 4.79 Å². The molecule has 7 heteroatoms. The van der Waals surface area contributed by atoms with E-state index in [1.54, 1.807) is 23.6 Å². The van der Waals surface area contributed by atoms with Crippen LogP contribution in [0, 0.1) is 11.3 Å². The molecular weight excluding hydrogens is 352 g/mol. The van der Waals surface area contributed by atoms with Crippen molar-refractivity contribution in [3.05, 3.63) is 59.0 Å². The monoisotopic (exact) mass is 366 g/mol. The van der Waals surface area contributed by atoms with Gasteiger partial charge in [-0.2, -0.15) is 5.26 Å². The fourth-order valence-electron chi connectivity index (χ4n) is 2.41. The molecule has 1 heterocycles. The van der Waals surface area contributed by atoms with Crippen molar-refractivity contribution in [1.29, 1.82) is 5.26 Å². The molecule has 1 amide bonds. The highest BCUT2D eigenvalue weighted by atomic mass is 32.1. The number of methoxy groups -OCH3 is 1. The van der Waals surface area contributed by atoms with E-state index in [4.69, 9.17) is 14.7 Å². The van der Waals surface area contributed by atoms with Crippen LogP contribution in [-0.2, 0) is 9.53 Å². The van der Waals surface area contributed by atoms with Gasteiger partial charge in [-0.25, -0.2) is 4.79 Å². The first-order chi connectivity index (χ1) is 12.6. The predicted molar refractivity (Wildman–Crippen MR) is 98.4 cm³/mol. The lowest BCUT2D eigenvalue weighted by atomic mass is 10.1. The number of thiophene rings is 1. The van der Waals surface area contributed by atoms with Crippen LogP contribution >= 0.6 is 11.3 Å². The first-order valence-electron chi connectivity index (χ1n) is 7.63. The van der Waals surface area contributed by atoms with Crippen LogP contribution in [0.1, 0.15) is 15.9 Å². The molecule has 0 bridgehead atoms. The number of benzene rings is 2. The third-order valence-corrected chi connectivity index (χ3v) is 4.48. The average Bonchev–Trinajstić information content (AvgIpc) is 3.12. The summed E-state index contributed by atoms with van der Waals surface area (Å²) in [5.41, 5.74) is 0.636. The fraction of sp³-hybridized carbons (Fsp3) is 0.105. The van der Waals surface area contributed by atoms with Gasteiger partial charge in [-0.05, 0) is 34.4 Å². The first kappa shape index (κ1) is 17.5. The Morgan fingerprint density at radius 1 is 1.19 bits per heavy atom. The average molecular weight is 366 g/mol. The SMILES string of the molecule is COC(=O)c1cc2ccccc2cc1OCC(=O)Nc1sccc1C#N. The summed E-state index contributed by atoms with van der Waals surface area (Å²) in [6, 6.07) is 14.5. The van der Waals surface area contributed by atoms with Gasteiger partial charge in [-0.1, -0.05) is 24.3 Å². The first-order valence-corrected chi connectivity index (χ1v) is 8.51. The van der Waals surface area contributed by atoms with E-state index in [1.165, 1.54) is 18.4 Å². The number of hydrogen-bond donors (Lipinski definition) is 1. The molecule has 0 atom stereocenters. The topological polar surface area (TPSA) is 88.4 Å². The number of nitrogens with one attached hydrogen (secondary N) is 1. The highest BCUT2D eigenvalue weighted by molar-refractivity contribution is 7.14. The lowest BCUT2D eigenvalue weighted by Crippen LogP contribution is -2.21. The molecular formula is C19H14N2O4S. The van der Waals surface area contributed by atoms with Gasteiger partial charge in [0.1, 0.15) is 22.4 Å². The molecule has 0 aliphatic heterocycles. The van der Waals surface area contributed by atoms with Crippen molar-refractivity contribution in [2.45, 2.75) is 0 Å². The third-order valence-electron chi connectivity index (χ3n) is 3.65. The Kier molecular flexibility index (Phi) is 5.15. The van der Waals surface area contributed by atoms with Gasteiger partial charge in [0.05, 0.1) is 12.7 Å². The highest BCUT2D eigenvalue weighted by Gasteiger charge is 2.16. The second-order valence-electron chi connectivity index (χ2n) is 5.30. The van der Waals surface area contributed by atoms with Gasteiger partial charge in [-0.15, -0.1) is 11.3 Å². The van der Waals surface area contributed by atoms with E-state index in [2.05, 4.69) is 5.32 Å². The minimum Gasteiger partial charge on any atom is -0.483 e. The number of esters is 1. The van der Waals surface area contributed by atoms with Crippen LogP contribution in [0.2, 0.25) is 0 Å². The van der Waals surface area contributed by atoms with Crippen LogP contribution in [0.15, 0.2) is 47.8 Å². The zero-order chi connectivity index (χ0) is 18.5. The largest absolute Gasteiger partial charge is 0.483 e. The summed E-state index contributed by atoms with van der Waals surface area (Å²) in [6.07, 6.45) is 0. The maximum absolute atomic E-state index is 12.1. The van der Waals surface area contributed by atoms with Gasteiger partial charge in [0.25, 0.3) is 5.91 Å². The highest BCUT2D eigenvalue weighted by Crippen LogP contribution is 2.27. The number of carbonyl (C=O) groups excluding carboxylic acids is 2. The van der Waals surface area contributed by atoms with Crippen molar-refractivity contribution >= 4 is 39.0 Å². The minimum absolute atomic E-state index is 0.243. The van der Waals surface area contributed by atoms with Gasteiger partial charge in [0.15, 0.2) is 6.61 Å². The van der Waals surface area contributed by atoms with Crippen LogP contribution < -0.4 is 10.1 Å². The van der Waals surface area contributed by atoms with Crippen LogP contribution in [0.25, 0.3) is 10.8 Å². The quantitative estimate of drug-likeness (QED) is 0.697. The number of ether oxygens (including phenoxy) is 2. The van der Waals surface area contributed by atoms with Gasteiger partial charge < -0.3 is 14.8 Å². The smallest absolute Gasteiger partial charge is 0.341 e. The van der Waals surface area contributed by atoms with E-state index in [0.29, 0.717) is 10.6 Å². The summed E-state index contributed by atoms with van der Waals surface area (Å²) in [5.74, 6) is -0.707. The number of rotatable bonds is 5. The maximum atomic E-state index is 12.1. The molecule has 0 saturated heterocycles. The van der Waals surface area contributed by atoms with E-state index in [0.717, 1.165) is 10.8 Å². The molecule has 0 spiro atoms. The summed E-state index contributed by atoms with van der Waals surface area (Å²) in [5, 5.41) is 15.5. The molecule has 0 aliphatic carbocycles. The number of hydrogen-bond acceptors (Lipinski definition) is 6. The molecule has 0 unspecified atom stereocenters. The molecule has 6 nitrogen and oxygen atoms in total. The molecule has 3 rings (SSSR count). The van der Waals surface area contributed by atoms with Crippen molar-refractivity contribution < 1.29 is 19.1 Å². The number of carbonyl (C=O) groups is 2. The van der Waals surface area contributed by atoms with Gasteiger partial charge >= 0.3 is 5.97 Å².